The Morgan fingerprint density at radius 2 is 1.58 bits per heavy atom. The van der Waals surface area contributed by atoms with Gasteiger partial charge in [0.05, 0.1) is 12.0 Å². The van der Waals surface area contributed by atoms with Crippen LogP contribution >= 0.6 is 0 Å². The summed E-state index contributed by atoms with van der Waals surface area (Å²) in [6.07, 6.45) is 3.83. The Hall–Kier alpha value is -3.86. The smallest absolute Gasteiger partial charge is 0.418 e. The first kappa shape index (κ1) is 26.7. The molecule has 1 aliphatic rings. The average molecular weight is 491 g/mol. The molecule has 36 heavy (non-hydrogen) atoms. The fraction of sp³-hybridized carbons (Fsp3) is 0.429. The van der Waals surface area contributed by atoms with E-state index in [0.717, 1.165) is 48.8 Å². The topological polar surface area (TPSA) is 126 Å². The highest BCUT2D eigenvalue weighted by Gasteiger charge is 2.34. The third-order valence-corrected chi connectivity index (χ3v) is 6.18. The van der Waals surface area contributed by atoms with Gasteiger partial charge in [-0.3, -0.25) is 4.79 Å². The predicted molar refractivity (Wildman–Crippen MR) is 137 cm³/mol. The number of urea groups is 1. The average Bonchev–Trinajstić information content (AvgIpc) is 2.84. The number of amides is 4. The minimum atomic E-state index is -0.721. The van der Waals surface area contributed by atoms with Crippen LogP contribution in [0.25, 0.3) is 11.1 Å². The van der Waals surface area contributed by atoms with E-state index in [2.05, 4.69) is 11.4 Å². The van der Waals surface area contributed by atoms with Crippen molar-refractivity contribution < 1.29 is 19.1 Å². The van der Waals surface area contributed by atoms with Crippen LogP contribution in [0.4, 0.5) is 9.59 Å². The van der Waals surface area contributed by atoms with Crippen LogP contribution in [-0.2, 0) is 4.74 Å². The number of nitrogens with two attached hydrogens (primary N) is 1. The number of imide groups is 1. The molecule has 0 radical (unpaired) electrons. The summed E-state index contributed by atoms with van der Waals surface area (Å²) in [5.74, 6) is -1.07. The summed E-state index contributed by atoms with van der Waals surface area (Å²) < 4.78 is 5.50. The quantitative estimate of drug-likeness (QED) is 0.565. The van der Waals surface area contributed by atoms with Crippen LogP contribution in [0.2, 0.25) is 0 Å². The van der Waals surface area contributed by atoms with Gasteiger partial charge in [0, 0.05) is 18.2 Å². The van der Waals surface area contributed by atoms with Crippen molar-refractivity contribution in [2.75, 3.05) is 6.54 Å². The van der Waals surface area contributed by atoms with Gasteiger partial charge in [0.1, 0.15) is 5.60 Å². The zero-order chi connectivity index (χ0) is 26.3. The second-order valence-corrected chi connectivity index (χ2v) is 10.1. The molecule has 4 amide bonds. The number of nitrogens with zero attached hydrogens (tertiary/aromatic N) is 2. The molecular weight excluding hydrogens is 456 g/mol. The summed E-state index contributed by atoms with van der Waals surface area (Å²) in [5, 5.41) is 12.5. The second-order valence-electron chi connectivity index (χ2n) is 10.1. The van der Waals surface area contributed by atoms with Crippen molar-refractivity contribution >= 4 is 18.0 Å². The van der Waals surface area contributed by atoms with Gasteiger partial charge in [0.15, 0.2) is 0 Å². The largest absolute Gasteiger partial charge is 0.443 e. The number of ether oxygens (including phenoxy) is 1. The van der Waals surface area contributed by atoms with Gasteiger partial charge in [-0.05, 0) is 62.4 Å². The highest BCUT2D eigenvalue weighted by Crippen LogP contribution is 2.26. The summed E-state index contributed by atoms with van der Waals surface area (Å²) in [6, 6.07) is 15.9. The monoisotopic (exact) mass is 490 g/mol. The first-order valence-corrected chi connectivity index (χ1v) is 12.3. The van der Waals surface area contributed by atoms with E-state index in [9.17, 15) is 19.6 Å². The standard InChI is InChI=1S/C28H34N4O4/c1-28(2,3)36-27(35)32(24-7-5-4-6-8-24)26(34)31-18-23(17-29)21-11-9-19(10-12-21)20-13-15-22(16-14-20)25(30)33/h9-16,23-24H,4-8,18H2,1-3H3,(H2,30,33)(H,31,34). The molecule has 1 saturated carbocycles. The molecular formula is C28H34N4O4. The summed E-state index contributed by atoms with van der Waals surface area (Å²) in [4.78, 5) is 38.4. The maximum absolute atomic E-state index is 13.1. The fourth-order valence-electron chi connectivity index (χ4n) is 4.30. The van der Waals surface area contributed by atoms with Crippen molar-refractivity contribution in [1.29, 1.82) is 5.26 Å². The second kappa shape index (κ2) is 11.7. The molecule has 190 valence electrons. The first-order valence-electron chi connectivity index (χ1n) is 12.3. The number of carbonyl (C=O) groups excluding carboxylic acids is 3. The van der Waals surface area contributed by atoms with Crippen LogP contribution in [-0.4, -0.2) is 41.1 Å². The zero-order valence-corrected chi connectivity index (χ0v) is 21.1. The van der Waals surface area contributed by atoms with Crippen molar-refractivity contribution in [2.24, 2.45) is 5.73 Å². The maximum Gasteiger partial charge on any atom is 0.418 e. The van der Waals surface area contributed by atoms with Crippen molar-refractivity contribution in [1.82, 2.24) is 10.2 Å². The van der Waals surface area contributed by atoms with Crippen LogP contribution in [0.1, 0.15) is 74.7 Å². The first-order chi connectivity index (χ1) is 17.1. The van der Waals surface area contributed by atoms with Crippen molar-refractivity contribution in [3.05, 3.63) is 59.7 Å². The molecule has 0 aliphatic heterocycles. The van der Waals surface area contributed by atoms with Gasteiger partial charge in [-0.25, -0.2) is 14.5 Å². The van der Waals surface area contributed by atoms with Crippen molar-refractivity contribution in [2.45, 2.75) is 70.4 Å². The van der Waals surface area contributed by atoms with Crippen LogP contribution in [0.5, 0.6) is 0 Å². The van der Waals surface area contributed by atoms with Crippen LogP contribution in [0.3, 0.4) is 0 Å². The Kier molecular flexibility index (Phi) is 8.70. The number of primary amides is 1. The lowest BCUT2D eigenvalue weighted by Crippen LogP contribution is -2.52. The van der Waals surface area contributed by atoms with Crippen molar-refractivity contribution in [3.8, 4) is 17.2 Å². The molecule has 0 saturated heterocycles. The van der Waals surface area contributed by atoms with E-state index < -0.39 is 29.6 Å². The number of benzene rings is 2. The molecule has 2 aromatic rings. The number of carbonyl (C=O) groups is 3. The van der Waals surface area contributed by atoms with Crippen LogP contribution in [0, 0.1) is 11.3 Å². The summed E-state index contributed by atoms with van der Waals surface area (Å²) in [6.45, 7) is 5.37. The van der Waals surface area contributed by atoms with Crippen molar-refractivity contribution in [3.63, 3.8) is 0 Å². The number of hydrogen-bond acceptors (Lipinski definition) is 5. The van der Waals surface area contributed by atoms with E-state index in [0.29, 0.717) is 5.56 Å². The predicted octanol–water partition coefficient (Wildman–Crippen LogP) is 5.34. The minimum Gasteiger partial charge on any atom is -0.443 e. The van der Waals surface area contributed by atoms with Crippen LogP contribution in [0.15, 0.2) is 48.5 Å². The molecule has 3 rings (SSSR count). The normalized spacial score (nSPS) is 14.8. The number of nitriles is 1. The lowest BCUT2D eigenvalue weighted by atomic mass is 9.94. The Morgan fingerprint density at radius 3 is 2.08 bits per heavy atom. The van der Waals surface area contributed by atoms with E-state index >= 15 is 0 Å². The Bertz CT molecular complexity index is 1110. The highest BCUT2D eigenvalue weighted by atomic mass is 16.6. The van der Waals surface area contributed by atoms with E-state index in [4.69, 9.17) is 10.5 Å². The van der Waals surface area contributed by atoms with Gasteiger partial charge < -0.3 is 15.8 Å². The molecule has 1 unspecified atom stereocenters. The molecule has 0 heterocycles. The van der Waals surface area contributed by atoms with E-state index in [-0.39, 0.29) is 12.6 Å². The third-order valence-electron chi connectivity index (χ3n) is 6.18. The van der Waals surface area contributed by atoms with Gasteiger partial charge in [-0.15, -0.1) is 0 Å². The third kappa shape index (κ3) is 7.08. The molecule has 1 atom stereocenters. The molecule has 0 bridgehead atoms. The summed E-state index contributed by atoms with van der Waals surface area (Å²) >= 11 is 0. The van der Waals surface area contributed by atoms with Gasteiger partial charge in [0.2, 0.25) is 5.91 Å². The molecule has 1 fully saturated rings. The molecule has 3 N–H and O–H groups in total. The highest BCUT2D eigenvalue weighted by molar-refractivity contribution is 5.93. The molecule has 2 aromatic carbocycles. The number of hydrogen-bond donors (Lipinski definition) is 2. The lowest BCUT2D eigenvalue weighted by Gasteiger charge is -2.34. The van der Waals surface area contributed by atoms with E-state index in [1.165, 1.54) is 4.90 Å². The molecule has 0 spiro atoms. The van der Waals surface area contributed by atoms with Gasteiger partial charge in [-0.1, -0.05) is 55.7 Å². The summed E-state index contributed by atoms with van der Waals surface area (Å²) in [7, 11) is 0. The Morgan fingerprint density at radius 1 is 1.03 bits per heavy atom. The van der Waals surface area contributed by atoms with Crippen LogP contribution < -0.4 is 11.1 Å². The lowest BCUT2D eigenvalue weighted by molar-refractivity contribution is 0.0221. The molecule has 0 aromatic heterocycles. The minimum absolute atomic E-state index is 0.0635. The van der Waals surface area contributed by atoms with Gasteiger partial charge >= 0.3 is 12.1 Å². The molecule has 8 heteroatoms. The number of rotatable bonds is 6. The SMILES string of the molecule is CC(C)(C)OC(=O)N(C(=O)NCC(C#N)c1ccc(-c2ccc(C(N)=O)cc2)cc1)C1CCCCC1. The number of nitrogens with one attached hydrogen (secondary N) is 1. The van der Waals surface area contributed by atoms with Gasteiger partial charge in [0.25, 0.3) is 0 Å². The Labute approximate surface area is 212 Å². The Balaban J connectivity index is 1.68. The summed E-state index contributed by atoms with van der Waals surface area (Å²) in [5.41, 5.74) is 7.59. The van der Waals surface area contributed by atoms with E-state index in [1.54, 1.807) is 32.9 Å². The molecule has 1 aliphatic carbocycles. The molecule has 8 nitrogen and oxygen atoms in total. The zero-order valence-electron chi connectivity index (χ0n) is 21.1. The fourth-order valence-corrected chi connectivity index (χ4v) is 4.30. The van der Waals surface area contributed by atoms with E-state index in [1.807, 2.05) is 36.4 Å². The maximum atomic E-state index is 13.1. The van der Waals surface area contributed by atoms with Gasteiger partial charge in [-0.2, -0.15) is 5.26 Å².